The van der Waals surface area contributed by atoms with Gasteiger partial charge in [0.15, 0.2) is 11.6 Å². The molecule has 8 heteroatoms. The standard InChI is InChI=1S/C24H26ClN5O2/c25-19-6-1-2-7-21(19)28-12-14-29(15-13-28)24(31)18-5-3-11-30(17-18)23-10-9-20(26-27-23)22-8-4-16-32-22/h1-2,4,6-10,16,18H,3,5,11-15,17H2. The Balaban J connectivity index is 1.19. The topological polar surface area (TPSA) is 65.7 Å². The Morgan fingerprint density at radius 1 is 0.938 bits per heavy atom. The monoisotopic (exact) mass is 451 g/mol. The van der Waals surface area contributed by atoms with Crippen LogP contribution in [0, 0.1) is 5.92 Å². The van der Waals surface area contributed by atoms with Gasteiger partial charge in [-0.25, -0.2) is 0 Å². The number of benzene rings is 1. The smallest absolute Gasteiger partial charge is 0.227 e. The highest BCUT2D eigenvalue weighted by Gasteiger charge is 2.32. The molecule has 2 aliphatic rings. The minimum Gasteiger partial charge on any atom is -0.463 e. The number of nitrogens with zero attached hydrogens (tertiary/aromatic N) is 5. The van der Waals surface area contributed by atoms with Crippen molar-refractivity contribution in [3.63, 3.8) is 0 Å². The zero-order valence-electron chi connectivity index (χ0n) is 17.9. The molecule has 0 radical (unpaired) electrons. The van der Waals surface area contributed by atoms with E-state index in [4.69, 9.17) is 16.0 Å². The number of piperazine rings is 1. The van der Waals surface area contributed by atoms with Crippen molar-refractivity contribution in [3.8, 4) is 11.5 Å². The third-order valence-corrected chi connectivity index (χ3v) is 6.62. The minimum absolute atomic E-state index is 0.0119. The predicted molar refractivity (Wildman–Crippen MR) is 125 cm³/mol. The number of aromatic nitrogens is 2. The van der Waals surface area contributed by atoms with E-state index in [1.807, 2.05) is 53.4 Å². The molecule has 0 saturated carbocycles. The molecule has 7 nitrogen and oxygen atoms in total. The molecule has 5 rings (SSSR count). The molecule has 1 atom stereocenters. The van der Waals surface area contributed by atoms with E-state index in [1.54, 1.807) is 6.26 Å². The van der Waals surface area contributed by atoms with Crippen molar-refractivity contribution in [3.05, 3.63) is 59.8 Å². The molecule has 2 fully saturated rings. The number of carbonyl (C=O) groups excluding carboxylic acids is 1. The molecule has 2 saturated heterocycles. The summed E-state index contributed by atoms with van der Waals surface area (Å²) in [6.07, 6.45) is 3.51. The van der Waals surface area contributed by atoms with Gasteiger partial charge < -0.3 is 19.1 Å². The number of halogens is 1. The van der Waals surface area contributed by atoms with Crippen LogP contribution in [0.4, 0.5) is 11.5 Å². The molecule has 2 aromatic heterocycles. The van der Waals surface area contributed by atoms with Crippen LogP contribution in [-0.2, 0) is 4.79 Å². The van der Waals surface area contributed by atoms with Crippen molar-refractivity contribution in [1.29, 1.82) is 0 Å². The molecule has 2 aliphatic heterocycles. The molecule has 0 bridgehead atoms. The maximum absolute atomic E-state index is 13.3. The maximum Gasteiger partial charge on any atom is 0.227 e. The van der Waals surface area contributed by atoms with E-state index in [0.29, 0.717) is 18.0 Å². The first-order valence-corrected chi connectivity index (χ1v) is 11.5. The van der Waals surface area contributed by atoms with Crippen molar-refractivity contribution < 1.29 is 9.21 Å². The normalized spacial score (nSPS) is 19.3. The number of hydrogen-bond acceptors (Lipinski definition) is 6. The molecule has 32 heavy (non-hydrogen) atoms. The highest BCUT2D eigenvalue weighted by molar-refractivity contribution is 6.33. The molecule has 3 aromatic rings. The van der Waals surface area contributed by atoms with Gasteiger partial charge in [-0.1, -0.05) is 23.7 Å². The number of hydrogen-bond donors (Lipinski definition) is 0. The summed E-state index contributed by atoms with van der Waals surface area (Å²) >= 11 is 6.35. The Labute approximate surface area is 192 Å². The number of piperidine rings is 1. The van der Waals surface area contributed by atoms with Crippen LogP contribution < -0.4 is 9.80 Å². The van der Waals surface area contributed by atoms with Gasteiger partial charge in [0.1, 0.15) is 5.69 Å². The Morgan fingerprint density at radius 2 is 1.78 bits per heavy atom. The third-order valence-electron chi connectivity index (χ3n) is 6.30. The lowest BCUT2D eigenvalue weighted by Crippen LogP contribution is -2.52. The first kappa shape index (κ1) is 20.8. The van der Waals surface area contributed by atoms with Crippen LogP contribution in [0.2, 0.25) is 5.02 Å². The van der Waals surface area contributed by atoms with Crippen LogP contribution >= 0.6 is 11.6 Å². The van der Waals surface area contributed by atoms with Crippen LogP contribution in [0.5, 0.6) is 0 Å². The molecule has 0 aliphatic carbocycles. The average Bonchev–Trinajstić information content (AvgIpc) is 3.39. The highest BCUT2D eigenvalue weighted by Crippen LogP contribution is 2.28. The minimum atomic E-state index is -0.0119. The summed E-state index contributed by atoms with van der Waals surface area (Å²) in [5, 5.41) is 9.45. The largest absolute Gasteiger partial charge is 0.463 e. The summed E-state index contributed by atoms with van der Waals surface area (Å²) in [6, 6.07) is 15.5. The van der Waals surface area contributed by atoms with E-state index in [1.165, 1.54) is 0 Å². The molecule has 1 aromatic carbocycles. The quantitative estimate of drug-likeness (QED) is 0.598. The second kappa shape index (κ2) is 9.20. The summed E-state index contributed by atoms with van der Waals surface area (Å²) in [5.41, 5.74) is 1.75. The SMILES string of the molecule is O=C(C1CCCN(c2ccc(-c3ccco3)nn2)C1)N1CCN(c2ccccc2Cl)CC1. The van der Waals surface area contributed by atoms with Gasteiger partial charge in [0.25, 0.3) is 0 Å². The number of carbonyl (C=O) groups is 1. The Bertz CT molecular complexity index is 1050. The van der Waals surface area contributed by atoms with E-state index in [0.717, 1.165) is 62.1 Å². The van der Waals surface area contributed by atoms with E-state index in [9.17, 15) is 4.79 Å². The van der Waals surface area contributed by atoms with Crippen molar-refractivity contribution in [2.45, 2.75) is 12.8 Å². The number of furan rings is 1. The highest BCUT2D eigenvalue weighted by atomic mass is 35.5. The number of para-hydroxylation sites is 1. The van der Waals surface area contributed by atoms with Gasteiger partial charge in [-0.3, -0.25) is 4.79 Å². The molecular formula is C24H26ClN5O2. The molecule has 1 unspecified atom stereocenters. The van der Waals surface area contributed by atoms with Gasteiger partial charge in [-0.2, -0.15) is 0 Å². The van der Waals surface area contributed by atoms with Gasteiger partial charge in [-0.15, -0.1) is 10.2 Å². The van der Waals surface area contributed by atoms with Gasteiger partial charge in [-0.05, 0) is 49.2 Å². The van der Waals surface area contributed by atoms with Crippen molar-refractivity contribution in [2.24, 2.45) is 5.92 Å². The van der Waals surface area contributed by atoms with Crippen LogP contribution in [0.15, 0.2) is 59.2 Å². The molecule has 166 valence electrons. The predicted octanol–water partition coefficient (Wildman–Crippen LogP) is 3.96. The van der Waals surface area contributed by atoms with E-state index < -0.39 is 0 Å². The van der Waals surface area contributed by atoms with Crippen molar-refractivity contribution in [2.75, 3.05) is 49.1 Å². The first-order valence-electron chi connectivity index (χ1n) is 11.1. The van der Waals surface area contributed by atoms with E-state index in [2.05, 4.69) is 20.0 Å². The number of amides is 1. The number of rotatable bonds is 4. The second-order valence-electron chi connectivity index (χ2n) is 8.30. The summed E-state index contributed by atoms with van der Waals surface area (Å²) in [4.78, 5) is 19.7. The van der Waals surface area contributed by atoms with Gasteiger partial charge in [0.2, 0.25) is 5.91 Å². The fourth-order valence-corrected chi connectivity index (χ4v) is 4.83. The second-order valence-corrected chi connectivity index (χ2v) is 8.71. The summed E-state index contributed by atoms with van der Waals surface area (Å²) in [5.74, 6) is 1.74. The Hall–Kier alpha value is -3.06. The first-order chi connectivity index (χ1) is 15.7. The summed E-state index contributed by atoms with van der Waals surface area (Å²) < 4.78 is 5.39. The maximum atomic E-state index is 13.3. The molecule has 1 amide bonds. The Morgan fingerprint density at radius 3 is 2.50 bits per heavy atom. The van der Waals surface area contributed by atoms with Gasteiger partial charge >= 0.3 is 0 Å². The molecule has 0 N–H and O–H groups in total. The lowest BCUT2D eigenvalue weighted by Gasteiger charge is -2.40. The molecule has 0 spiro atoms. The van der Waals surface area contributed by atoms with Crippen LogP contribution in [-0.4, -0.2) is 60.3 Å². The van der Waals surface area contributed by atoms with E-state index in [-0.39, 0.29) is 11.8 Å². The Kier molecular flexibility index (Phi) is 5.99. The van der Waals surface area contributed by atoms with Crippen LogP contribution in [0.3, 0.4) is 0 Å². The lowest BCUT2D eigenvalue weighted by molar-refractivity contribution is -0.136. The zero-order chi connectivity index (χ0) is 21.9. The van der Waals surface area contributed by atoms with Crippen LogP contribution in [0.25, 0.3) is 11.5 Å². The van der Waals surface area contributed by atoms with Gasteiger partial charge in [0, 0.05) is 39.3 Å². The summed E-state index contributed by atoms with van der Waals surface area (Å²) in [6.45, 7) is 4.60. The van der Waals surface area contributed by atoms with Crippen molar-refractivity contribution in [1.82, 2.24) is 15.1 Å². The zero-order valence-corrected chi connectivity index (χ0v) is 18.6. The molecule has 4 heterocycles. The fourth-order valence-electron chi connectivity index (χ4n) is 4.57. The van der Waals surface area contributed by atoms with E-state index >= 15 is 0 Å². The number of anilines is 2. The fraction of sp³-hybridized carbons (Fsp3) is 0.375. The van der Waals surface area contributed by atoms with Gasteiger partial charge in [0.05, 0.1) is 22.9 Å². The average molecular weight is 452 g/mol. The summed E-state index contributed by atoms with van der Waals surface area (Å²) in [7, 11) is 0. The van der Waals surface area contributed by atoms with Crippen molar-refractivity contribution >= 4 is 29.0 Å². The molecular weight excluding hydrogens is 426 g/mol. The van der Waals surface area contributed by atoms with Crippen LogP contribution in [0.1, 0.15) is 12.8 Å². The lowest BCUT2D eigenvalue weighted by atomic mass is 9.96. The third kappa shape index (κ3) is 4.30.